The Bertz CT molecular complexity index is 3260. The fourth-order valence-electron chi connectivity index (χ4n) is 10.5. The predicted molar refractivity (Wildman–Crippen MR) is 298 cm³/mol. The molecule has 0 unspecified atom stereocenters. The molecule has 0 radical (unpaired) electrons. The van der Waals surface area contributed by atoms with Crippen LogP contribution in [-0.4, -0.2) is 70.3 Å². The first-order chi connectivity index (χ1) is 38.5. The van der Waals surface area contributed by atoms with Crippen molar-refractivity contribution in [3.63, 3.8) is 0 Å². The minimum Gasteiger partial charge on any atom is -0.481 e. The van der Waals surface area contributed by atoms with Gasteiger partial charge in [-0.15, -0.1) is 0 Å². The summed E-state index contributed by atoms with van der Waals surface area (Å²) in [5.74, 6) is -1.22. The van der Waals surface area contributed by atoms with Crippen molar-refractivity contribution in [2.24, 2.45) is 0 Å². The highest BCUT2D eigenvalue weighted by molar-refractivity contribution is 5.74. The number of carbonyl (C=O) groups is 2. The van der Waals surface area contributed by atoms with Crippen molar-refractivity contribution < 1.29 is 82.3 Å². The first-order valence-corrected chi connectivity index (χ1v) is 26.5. The number of rotatable bonds is 18. The Labute approximate surface area is 475 Å². The number of alkyl halides is 12. The molecular weight excluding hydrogens is 1100 g/mol. The van der Waals surface area contributed by atoms with Gasteiger partial charge in [0, 0.05) is 10.8 Å². The van der Waals surface area contributed by atoms with Crippen LogP contribution in [0.25, 0.3) is 34.4 Å². The summed E-state index contributed by atoms with van der Waals surface area (Å²) >= 11 is 0. The zero-order valence-corrected chi connectivity index (χ0v) is 47.2. The van der Waals surface area contributed by atoms with Crippen LogP contribution in [0.3, 0.4) is 0 Å². The molecule has 0 aliphatic heterocycles. The molecule has 0 aliphatic carbocycles. The zero-order valence-electron chi connectivity index (χ0n) is 47.2. The van der Waals surface area contributed by atoms with Crippen molar-refractivity contribution in [3.05, 3.63) is 200 Å². The smallest absolute Gasteiger partial charge is 0.430 e. The normalized spacial score (nSPS) is 13.1. The van der Waals surface area contributed by atoms with E-state index in [4.69, 9.17) is 9.84 Å². The van der Waals surface area contributed by atoms with Gasteiger partial charge in [0.05, 0.1) is 20.0 Å². The summed E-state index contributed by atoms with van der Waals surface area (Å²) in [5.41, 5.74) is 1.60. The molecule has 83 heavy (non-hydrogen) atoms. The van der Waals surface area contributed by atoms with Crippen LogP contribution in [0.1, 0.15) is 120 Å². The van der Waals surface area contributed by atoms with E-state index in [0.717, 1.165) is 61.2 Å². The molecule has 6 nitrogen and oxygen atoms in total. The fourth-order valence-corrected chi connectivity index (χ4v) is 10.5. The Morgan fingerprint density at radius 2 is 0.723 bits per heavy atom. The Balaban J connectivity index is 0.000000304. The number of carboxylic acid groups (broad SMARTS) is 1. The third-order valence-electron chi connectivity index (χ3n) is 15.8. The summed E-state index contributed by atoms with van der Waals surface area (Å²) in [6.45, 7) is 15.3. The second kappa shape index (κ2) is 25.8. The number of esters is 1. The third kappa shape index (κ3) is 14.3. The van der Waals surface area contributed by atoms with Gasteiger partial charge in [-0.25, -0.2) is 0 Å². The lowest BCUT2D eigenvalue weighted by atomic mass is 9.69. The number of aliphatic carboxylic acids is 1. The second-order valence-corrected chi connectivity index (χ2v) is 20.7. The van der Waals surface area contributed by atoms with E-state index in [-0.39, 0.29) is 42.1 Å². The maximum Gasteiger partial charge on any atom is 0.430 e. The molecule has 18 heteroatoms. The molecule has 6 aromatic rings. The van der Waals surface area contributed by atoms with Gasteiger partial charge in [-0.2, -0.15) is 52.7 Å². The molecular formula is C65H66F12O6. The largest absolute Gasteiger partial charge is 0.481 e. The minimum atomic E-state index is -5.93. The van der Waals surface area contributed by atoms with Crippen LogP contribution in [-0.2, 0) is 38.0 Å². The van der Waals surface area contributed by atoms with Crippen LogP contribution in [0.5, 0.6) is 0 Å². The molecule has 0 saturated carbocycles. The Hall–Kier alpha value is -7.18. The van der Waals surface area contributed by atoms with E-state index < -0.39 is 52.7 Å². The summed E-state index contributed by atoms with van der Waals surface area (Å²) in [7, 11) is 1.34. The van der Waals surface area contributed by atoms with Crippen molar-refractivity contribution in [1.29, 1.82) is 0 Å². The van der Waals surface area contributed by atoms with Gasteiger partial charge in [-0.05, 0) is 155 Å². The molecule has 3 N–H and O–H groups in total. The standard InChI is InChI=1S/C33H34F6O3.C32H32F6O3/c1-6-30(7-2,26-13-12-24(21(3)18-26)16-17-31(41,32(34,35)36)33(37,38)39)27-14-15-28(22(4)19-27)25-10-8-23(9-11-25)20-29(40)42-5;1-5-29(6-2,26-13-14-27(21(4)18-26)24-9-7-22(8-10-24)19-28(39)40)25-12-11-23(20(3)17-25)15-16-30(41,31(33,34)35)32(36,37)38/h8-19,41H,6-7,20H2,1-5H3;7-18,41H,5-6,19H2,1-4H3,(H,39,40)/b17-16+;16-15+. The van der Waals surface area contributed by atoms with E-state index in [1.54, 1.807) is 50.2 Å². The first-order valence-electron chi connectivity index (χ1n) is 26.5. The number of methoxy groups -OCH3 is 1. The van der Waals surface area contributed by atoms with E-state index in [9.17, 15) is 72.5 Å². The molecule has 0 aliphatic rings. The van der Waals surface area contributed by atoms with Crippen LogP contribution in [0, 0.1) is 27.7 Å². The Morgan fingerprint density at radius 3 is 0.976 bits per heavy atom. The monoisotopic (exact) mass is 1170 g/mol. The topological polar surface area (TPSA) is 104 Å². The summed E-state index contributed by atoms with van der Waals surface area (Å²) in [6.07, 6.45) is -20.0. The van der Waals surface area contributed by atoms with E-state index >= 15 is 0 Å². The number of carboxylic acids is 1. The van der Waals surface area contributed by atoms with Crippen molar-refractivity contribution >= 4 is 24.1 Å². The van der Waals surface area contributed by atoms with Crippen LogP contribution in [0.2, 0.25) is 0 Å². The summed E-state index contributed by atoms with van der Waals surface area (Å²) in [5, 5.41) is 27.9. The van der Waals surface area contributed by atoms with Crippen LogP contribution >= 0.6 is 0 Å². The number of aliphatic hydroxyl groups is 2. The molecule has 0 amide bonds. The predicted octanol–water partition coefficient (Wildman–Crippen LogP) is 17.2. The SMILES string of the molecule is CCC(CC)(c1ccc(/C=C/C(O)(C(F)(F)F)C(F)(F)F)c(C)c1)c1ccc(-c2ccc(CC(=O)O)cc2)c(C)c1.CCC(CC)(c1ccc(/C=C/C(O)(C(F)(F)F)C(F)(F)F)c(C)c1)c1ccc(-c2ccc(CC(=O)OC)cc2)c(C)c1. The molecule has 0 spiro atoms. The maximum atomic E-state index is 13.1. The number of carbonyl (C=O) groups excluding carboxylic acids is 1. The molecule has 0 aromatic heterocycles. The maximum absolute atomic E-state index is 13.1. The number of ether oxygens (including phenoxy) is 1. The summed E-state index contributed by atoms with van der Waals surface area (Å²) in [6, 6.07) is 37.1. The lowest BCUT2D eigenvalue weighted by molar-refractivity contribution is -0.348. The molecule has 6 rings (SSSR count). The summed E-state index contributed by atoms with van der Waals surface area (Å²) < 4.78 is 162. The average molecular weight is 1170 g/mol. The van der Waals surface area contributed by atoms with Gasteiger partial charge in [0.15, 0.2) is 0 Å². The molecule has 0 saturated heterocycles. The highest BCUT2D eigenvalue weighted by Gasteiger charge is 2.70. The number of aryl methyl sites for hydroxylation is 4. The lowest BCUT2D eigenvalue weighted by Crippen LogP contribution is -2.55. The van der Waals surface area contributed by atoms with Crippen LogP contribution in [0.15, 0.2) is 133 Å². The number of benzene rings is 6. The average Bonchev–Trinajstić information content (AvgIpc) is 3.45. The van der Waals surface area contributed by atoms with Crippen LogP contribution in [0.4, 0.5) is 52.7 Å². The molecule has 0 atom stereocenters. The van der Waals surface area contributed by atoms with Crippen molar-refractivity contribution in [2.75, 3.05) is 7.11 Å². The van der Waals surface area contributed by atoms with E-state index in [2.05, 4.69) is 12.1 Å². The van der Waals surface area contributed by atoms with Gasteiger partial charge in [0.25, 0.3) is 11.2 Å². The van der Waals surface area contributed by atoms with E-state index in [1.165, 1.54) is 19.2 Å². The zero-order chi connectivity index (χ0) is 62.3. The van der Waals surface area contributed by atoms with Crippen molar-refractivity contribution in [1.82, 2.24) is 0 Å². The number of halogens is 12. The highest BCUT2D eigenvalue weighted by atomic mass is 19.4. The van der Waals surface area contributed by atoms with Gasteiger partial charge >= 0.3 is 36.6 Å². The highest BCUT2D eigenvalue weighted by Crippen LogP contribution is 2.47. The quantitative estimate of drug-likeness (QED) is 0.0585. The molecule has 0 fully saturated rings. The molecule has 446 valence electrons. The summed E-state index contributed by atoms with van der Waals surface area (Å²) in [4.78, 5) is 22.5. The van der Waals surface area contributed by atoms with Gasteiger partial charge in [0.1, 0.15) is 0 Å². The van der Waals surface area contributed by atoms with Crippen molar-refractivity contribution in [3.8, 4) is 22.3 Å². The van der Waals surface area contributed by atoms with E-state index in [0.29, 0.717) is 54.5 Å². The third-order valence-corrected chi connectivity index (χ3v) is 15.8. The van der Waals surface area contributed by atoms with Gasteiger partial charge < -0.3 is 20.1 Å². The van der Waals surface area contributed by atoms with E-state index in [1.807, 2.05) is 102 Å². The lowest BCUT2D eigenvalue weighted by Gasteiger charge is -2.34. The van der Waals surface area contributed by atoms with Gasteiger partial charge in [-0.3, -0.25) is 9.59 Å². The Morgan fingerprint density at radius 1 is 0.434 bits per heavy atom. The number of hydrogen-bond donors (Lipinski definition) is 3. The minimum absolute atomic E-state index is 0.0623. The molecule has 6 aromatic carbocycles. The van der Waals surface area contributed by atoms with Gasteiger partial charge in [-0.1, -0.05) is 161 Å². The van der Waals surface area contributed by atoms with Crippen molar-refractivity contribution in [2.45, 2.75) is 141 Å². The molecule has 0 heterocycles. The van der Waals surface area contributed by atoms with Gasteiger partial charge in [0.2, 0.25) is 0 Å². The second-order valence-electron chi connectivity index (χ2n) is 20.7. The number of hydrogen-bond acceptors (Lipinski definition) is 5. The van der Waals surface area contributed by atoms with Crippen LogP contribution < -0.4 is 0 Å². The fraction of sp³-hybridized carbons (Fsp3) is 0.354. The molecule has 0 bridgehead atoms. The first kappa shape index (κ1) is 66.6. The Kier molecular flexibility index (Phi) is 20.7.